The van der Waals surface area contributed by atoms with Crippen molar-refractivity contribution >= 4 is 54.8 Å². The lowest BCUT2D eigenvalue weighted by Gasteiger charge is -2.06. The minimum atomic E-state index is -3.73. The first-order chi connectivity index (χ1) is 9.79. The molecule has 0 aromatic heterocycles. The molecule has 0 saturated heterocycles. The number of halogens is 3. The van der Waals surface area contributed by atoms with Crippen LogP contribution in [0.2, 0.25) is 10.0 Å². The second-order valence-corrected chi connectivity index (χ2v) is 8.01. The Morgan fingerprint density at radius 2 is 1.81 bits per heavy atom. The Morgan fingerprint density at radius 1 is 1.10 bits per heavy atom. The lowest BCUT2D eigenvalue weighted by atomic mass is 10.1. The summed E-state index contributed by atoms with van der Waals surface area (Å²) in [6.45, 7) is 0. The van der Waals surface area contributed by atoms with Gasteiger partial charge in [0.25, 0.3) is 0 Å². The van der Waals surface area contributed by atoms with Gasteiger partial charge in [-0.05, 0) is 36.4 Å². The molecule has 3 nitrogen and oxygen atoms in total. The summed E-state index contributed by atoms with van der Waals surface area (Å²) >= 11 is 14.9. The fourth-order valence-electron chi connectivity index (χ4n) is 1.71. The van der Waals surface area contributed by atoms with E-state index in [1.54, 1.807) is 12.1 Å². The van der Waals surface area contributed by atoms with Crippen molar-refractivity contribution in [3.05, 3.63) is 62.5 Å². The first-order valence-electron chi connectivity index (χ1n) is 5.76. The van der Waals surface area contributed by atoms with E-state index in [2.05, 4.69) is 15.9 Å². The Morgan fingerprint density at radius 3 is 2.43 bits per heavy atom. The second-order valence-electron chi connectivity index (χ2n) is 4.26. The van der Waals surface area contributed by atoms with Gasteiger partial charge in [0.2, 0.25) is 0 Å². The van der Waals surface area contributed by atoms with Gasteiger partial charge in [-0.3, -0.25) is 4.79 Å². The van der Waals surface area contributed by atoms with Crippen molar-refractivity contribution in [2.45, 2.75) is 4.90 Å². The number of sulfone groups is 1. The van der Waals surface area contributed by atoms with E-state index in [1.165, 1.54) is 30.3 Å². The number of ketones is 1. The fraction of sp³-hybridized carbons (Fsp3) is 0.0714. The van der Waals surface area contributed by atoms with Crippen molar-refractivity contribution in [3.8, 4) is 0 Å². The van der Waals surface area contributed by atoms with Gasteiger partial charge in [0.1, 0.15) is 5.75 Å². The number of carbonyl (C=O) groups excluding carboxylic acids is 1. The van der Waals surface area contributed by atoms with Crippen LogP contribution in [0.5, 0.6) is 0 Å². The van der Waals surface area contributed by atoms with E-state index in [1.807, 2.05) is 0 Å². The molecule has 0 bridgehead atoms. The third kappa shape index (κ3) is 4.07. The molecular formula is C14H9BrCl2O3S. The molecule has 7 heteroatoms. The Balaban J connectivity index is 2.30. The molecule has 0 heterocycles. The SMILES string of the molecule is O=C(CS(=O)(=O)c1cccc(Br)c1)c1ccc(Cl)cc1Cl. The van der Waals surface area contributed by atoms with Crippen LogP contribution in [-0.2, 0) is 9.84 Å². The van der Waals surface area contributed by atoms with Gasteiger partial charge in [0, 0.05) is 15.1 Å². The van der Waals surface area contributed by atoms with E-state index >= 15 is 0 Å². The summed E-state index contributed by atoms with van der Waals surface area (Å²) in [7, 11) is -3.73. The van der Waals surface area contributed by atoms with Crippen molar-refractivity contribution in [1.82, 2.24) is 0 Å². The van der Waals surface area contributed by atoms with Crippen LogP contribution >= 0.6 is 39.1 Å². The van der Waals surface area contributed by atoms with E-state index in [4.69, 9.17) is 23.2 Å². The summed E-state index contributed by atoms with van der Waals surface area (Å²) in [4.78, 5) is 12.2. The zero-order chi connectivity index (χ0) is 15.6. The van der Waals surface area contributed by atoms with Crippen LogP contribution in [0.15, 0.2) is 51.8 Å². The second kappa shape index (κ2) is 6.48. The number of benzene rings is 2. The number of Topliss-reactive ketones (excluding diaryl/α,β-unsaturated/α-hetero) is 1. The molecule has 0 unspecified atom stereocenters. The van der Waals surface area contributed by atoms with Crippen LogP contribution in [-0.4, -0.2) is 20.0 Å². The van der Waals surface area contributed by atoms with Gasteiger partial charge in [-0.25, -0.2) is 8.42 Å². The molecule has 110 valence electrons. The van der Waals surface area contributed by atoms with Crippen molar-refractivity contribution < 1.29 is 13.2 Å². The van der Waals surface area contributed by atoms with Crippen LogP contribution in [0.1, 0.15) is 10.4 Å². The van der Waals surface area contributed by atoms with Gasteiger partial charge < -0.3 is 0 Å². The predicted molar refractivity (Wildman–Crippen MR) is 87.0 cm³/mol. The van der Waals surface area contributed by atoms with Gasteiger partial charge >= 0.3 is 0 Å². The molecule has 0 aliphatic heterocycles. The van der Waals surface area contributed by atoms with E-state index in [-0.39, 0.29) is 15.5 Å². The molecule has 0 aliphatic rings. The summed E-state index contributed by atoms with van der Waals surface area (Å²) in [6, 6.07) is 10.5. The number of carbonyl (C=O) groups is 1. The molecule has 0 amide bonds. The van der Waals surface area contributed by atoms with E-state index < -0.39 is 21.4 Å². The molecule has 0 fully saturated rings. The molecule has 21 heavy (non-hydrogen) atoms. The van der Waals surface area contributed by atoms with E-state index in [9.17, 15) is 13.2 Å². The predicted octanol–water partition coefficient (Wildman–Crippen LogP) is 4.41. The summed E-state index contributed by atoms with van der Waals surface area (Å²) < 4.78 is 25.1. The number of hydrogen-bond acceptors (Lipinski definition) is 3. The van der Waals surface area contributed by atoms with Gasteiger partial charge in [-0.1, -0.05) is 45.2 Å². The zero-order valence-electron chi connectivity index (χ0n) is 10.5. The Labute approximate surface area is 140 Å². The zero-order valence-corrected chi connectivity index (χ0v) is 14.4. The molecule has 0 saturated carbocycles. The highest BCUT2D eigenvalue weighted by Crippen LogP contribution is 2.23. The maximum absolute atomic E-state index is 12.2. The average molecular weight is 408 g/mol. The van der Waals surface area contributed by atoms with Crippen LogP contribution in [0.4, 0.5) is 0 Å². The van der Waals surface area contributed by atoms with Crippen LogP contribution in [0.25, 0.3) is 0 Å². The van der Waals surface area contributed by atoms with Gasteiger partial charge in [0.15, 0.2) is 15.6 Å². The van der Waals surface area contributed by atoms with E-state index in [0.29, 0.717) is 9.50 Å². The summed E-state index contributed by atoms with van der Waals surface area (Å²) in [5.41, 5.74) is 0.139. The Bertz CT molecular complexity index is 804. The Kier molecular flexibility index (Phi) is 5.09. The van der Waals surface area contributed by atoms with Crippen LogP contribution < -0.4 is 0 Å². The highest BCUT2D eigenvalue weighted by atomic mass is 79.9. The number of hydrogen-bond donors (Lipinski definition) is 0. The lowest BCUT2D eigenvalue weighted by molar-refractivity contribution is 0.102. The monoisotopic (exact) mass is 406 g/mol. The minimum absolute atomic E-state index is 0.0790. The van der Waals surface area contributed by atoms with E-state index in [0.717, 1.165) is 0 Å². The largest absolute Gasteiger partial charge is 0.293 e. The highest BCUT2D eigenvalue weighted by Gasteiger charge is 2.22. The molecule has 2 aromatic carbocycles. The average Bonchev–Trinajstić information content (AvgIpc) is 2.37. The third-order valence-corrected chi connectivity index (χ3v) is 5.36. The molecule has 0 radical (unpaired) electrons. The topological polar surface area (TPSA) is 51.2 Å². The minimum Gasteiger partial charge on any atom is -0.293 e. The molecule has 0 spiro atoms. The van der Waals surface area contributed by atoms with Crippen LogP contribution in [0, 0.1) is 0 Å². The normalized spacial score (nSPS) is 11.4. The summed E-state index contributed by atoms with van der Waals surface area (Å²) in [6.07, 6.45) is 0. The van der Waals surface area contributed by atoms with Gasteiger partial charge in [-0.15, -0.1) is 0 Å². The van der Waals surface area contributed by atoms with Gasteiger partial charge in [-0.2, -0.15) is 0 Å². The first kappa shape index (κ1) is 16.5. The quantitative estimate of drug-likeness (QED) is 0.705. The van der Waals surface area contributed by atoms with Crippen LogP contribution in [0.3, 0.4) is 0 Å². The smallest absolute Gasteiger partial charge is 0.185 e. The first-order valence-corrected chi connectivity index (χ1v) is 8.96. The number of rotatable bonds is 4. The molecule has 0 atom stereocenters. The van der Waals surface area contributed by atoms with Crippen molar-refractivity contribution in [2.75, 3.05) is 5.75 Å². The summed E-state index contributed by atoms with van der Waals surface area (Å²) in [5.74, 6) is -1.22. The summed E-state index contributed by atoms with van der Waals surface area (Å²) in [5, 5.41) is 0.517. The molecular weight excluding hydrogens is 399 g/mol. The van der Waals surface area contributed by atoms with Gasteiger partial charge in [0.05, 0.1) is 9.92 Å². The lowest BCUT2D eigenvalue weighted by Crippen LogP contribution is -2.16. The molecule has 0 N–H and O–H groups in total. The molecule has 0 aliphatic carbocycles. The fourth-order valence-corrected chi connectivity index (χ4v) is 4.03. The maximum atomic E-state index is 12.2. The highest BCUT2D eigenvalue weighted by molar-refractivity contribution is 9.10. The Hall–Kier alpha value is -0.880. The molecule has 2 aromatic rings. The van der Waals surface area contributed by atoms with Crippen molar-refractivity contribution in [3.63, 3.8) is 0 Å². The van der Waals surface area contributed by atoms with Crippen molar-refractivity contribution in [2.24, 2.45) is 0 Å². The standard InChI is InChI=1S/C14H9BrCl2O3S/c15-9-2-1-3-11(6-9)21(19,20)8-14(18)12-5-4-10(16)7-13(12)17/h1-7H,8H2. The molecule has 2 rings (SSSR count). The van der Waals surface area contributed by atoms with Crippen molar-refractivity contribution in [1.29, 1.82) is 0 Å². The maximum Gasteiger partial charge on any atom is 0.185 e. The third-order valence-electron chi connectivity index (χ3n) is 2.71.